The Kier molecular flexibility index (Phi) is 5.15. The third-order valence-electron chi connectivity index (χ3n) is 2.82. The zero-order valence-electron chi connectivity index (χ0n) is 11.7. The van der Waals surface area contributed by atoms with E-state index < -0.39 is 11.8 Å². The summed E-state index contributed by atoms with van der Waals surface area (Å²) in [6.45, 7) is 2.68. The van der Waals surface area contributed by atoms with E-state index in [2.05, 4.69) is 10.6 Å². The fraction of sp³-hybridized carbons (Fsp3) is 0.188. The third kappa shape index (κ3) is 4.80. The molecule has 0 saturated carbocycles. The van der Waals surface area contributed by atoms with Crippen molar-refractivity contribution < 1.29 is 13.9 Å². The summed E-state index contributed by atoms with van der Waals surface area (Å²) < 4.78 is 18.5. The second kappa shape index (κ2) is 7.28. The van der Waals surface area contributed by atoms with Gasteiger partial charge in [0.05, 0.1) is 6.54 Å². The van der Waals surface area contributed by atoms with Gasteiger partial charge < -0.3 is 15.4 Å². The molecule has 21 heavy (non-hydrogen) atoms. The molecule has 0 heterocycles. The van der Waals surface area contributed by atoms with Gasteiger partial charge in [-0.25, -0.2) is 9.18 Å². The molecule has 4 nitrogen and oxygen atoms in total. The molecule has 0 aliphatic rings. The molecule has 2 rings (SSSR count). The number of carbonyl (C=O) groups is 1. The van der Waals surface area contributed by atoms with Crippen LogP contribution in [0.25, 0.3) is 0 Å². The van der Waals surface area contributed by atoms with Gasteiger partial charge in [0.25, 0.3) is 0 Å². The Morgan fingerprint density at radius 1 is 1.19 bits per heavy atom. The molecule has 0 aliphatic carbocycles. The number of ether oxygens (including phenoxy) is 1. The van der Waals surface area contributed by atoms with Crippen molar-refractivity contribution in [1.29, 1.82) is 0 Å². The van der Waals surface area contributed by atoms with Crippen LogP contribution in [0, 0.1) is 12.7 Å². The molecule has 0 unspecified atom stereocenters. The standard InChI is InChI=1S/C16H17FN2O2/c1-12-5-2-3-8-15(12)21-10-9-18-16(20)19-14-7-4-6-13(17)11-14/h2-8,11H,9-10H2,1H3,(H2,18,19,20). The van der Waals surface area contributed by atoms with Crippen molar-refractivity contribution in [3.05, 3.63) is 59.9 Å². The van der Waals surface area contributed by atoms with Crippen molar-refractivity contribution in [2.24, 2.45) is 0 Å². The number of nitrogens with one attached hydrogen (secondary N) is 2. The van der Waals surface area contributed by atoms with Gasteiger partial charge in [-0.05, 0) is 36.8 Å². The molecule has 0 atom stereocenters. The Bertz CT molecular complexity index is 617. The van der Waals surface area contributed by atoms with Crippen molar-refractivity contribution in [2.75, 3.05) is 18.5 Å². The molecule has 110 valence electrons. The highest BCUT2D eigenvalue weighted by Crippen LogP contribution is 2.15. The van der Waals surface area contributed by atoms with Crippen LogP contribution in [0.5, 0.6) is 5.75 Å². The van der Waals surface area contributed by atoms with E-state index in [1.165, 1.54) is 18.2 Å². The van der Waals surface area contributed by atoms with Gasteiger partial charge in [0.15, 0.2) is 0 Å². The number of anilines is 1. The van der Waals surface area contributed by atoms with Gasteiger partial charge in [0, 0.05) is 5.69 Å². The van der Waals surface area contributed by atoms with Crippen LogP contribution in [0.3, 0.4) is 0 Å². The average molecular weight is 288 g/mol. The Labute approximate surface area is 122 Å². The molecular formula is C16H17FN2O2. The first-order chi connectivity index (χ1) is 10.1. The van der Waals surface area contributed by atoms with E-state index in [9.17, 15) is 9.18 Å². The lowest BCUT2D eigenvalue weighted by atomic mass is 10.2. The van der Waals surface area contributed by atoms with Crippen molar-refractivity contribution in [3.8, 4) is 5.75 Å². The van der Waals surface area contributed by atoms with Gasteiger partial charge in [-0.1, -0.05) is 24.3 Å². The van der Waals surface area contributed by atoms with Gasteiger partial charge in [-0.3, -0.25) is 0 Å². The van der Waals surface area contributed by atoms with E-state index >= 15 is 0 Å². The Balaban J connectivity index is 1.71. The van der Waals surface area contributed by atoms with Crippen LogP contribution >= 0.6 is 0 Å². The quantitative estimate of drug-likeness (QED) is 0.829. The topological polar surface area (TPSA) is 50.4 Å². The summed E-state index contributed by atoms with van der Waals surface area (Å²) in [6, 6.07) is 13.0. The zero-order chi connectivity index (χ0) is 15.1. The van der Waals surface area contributed by atoms with Crippen molar-refractivity contribution in [2.45, 2.75) is 6.92 Å². The predicted octanol–water partition coefficient (Wildman–Crippen LogP) is 3.33. The fourth-order valence-electron chi connectivity index (χ4n) is 1.79. The molecule has 0 aromatic heterocycles. The number of para-hydroxylation sites is 1. The Morgan fingerprint density at radius 2 is 2.00 bits per heavy atom. The average Bonchev–Trinajstić information content (AvgIpc) is 2.45. The molecule has 2 amide bonds. The smallest absolute Gasteiger partial charge is 0.319 e. The van der Waals surface area contributed by atoms with E-state index in [1.54, 1.807) is 6.07 Å². The van der Waals surface area contributed by atoms with Gasteiger partial charge in [0.2, 0.25) is 0 Å². The number of amides is 2. The Hall–Kier alpha value is -2.56. The normalized spacial score (nSPS) is 10.0. The number of halogens is 1. The first-order valence-electron chi connectivity index (χ1n) is 6.64. The predicted molar refractivity (Wildman–Crippen MR) is 80.1 cm³/mol. The van der Waals surface area contributed by atoms with Crippen molar-refractivity contribution in [3.63, 3.8) is 0 Å². The number of aryl methyl sites for hydroxylation is 1. The van der Waals surface area contributed by atoms with E-state index in [0.29, 0.717) is 18.8 Å². The molecule has 0 saturated heterocycles. The van der Waals surface area contributed by atoms with Gasteiger partial charge in [-0.15, -0.1) is 0 Å². The van der Waals surface area contributed by atoms with Gasteiger partial charge in [-0.2, -0.15) is 0 Å². The number of hydrogen-bond donors (Lipinski definition) is 2. The lowest BCUT2D eigenvalue weighted by molar-refractivity contribution is 0.247. The molecule has 0 bridgehead atoms. The number of rotatable bonds is 5. The molecule has 2 aromatic rings. The molecule has 0 aliphatic heterocycles. The van der Waals surface area contributed by atoms with Gasteiger partial charge >= 0.3 is 6.03 Å². The summed E-state index contributed by atoms with van der Waals surface area (Å²) in [7, 11) is 0. The zero-order valence-corrected chi connectivity index (χ0v) is 11.7. The largest absolute Gasteiger partial charge is 0.491 e. The lowest BCUT2D eigenvalue weighted by Gasteiger charge is -2.10. The molecule has 0 spiro atoms. The summed E-state index contributed by atoms with van der Waals surface area (Å²) in [5.41, 5.74) is 1.45. The van der Waals surface area contributed by atoms with E-state index in [1.807, 2.05) is 31.2 Å². The first kappa shape index (κ1) is 14.8. The summed E-state index contributed by atoms with van der Waals surface area (Å²) >= 11 is 0. The number of carbonyl (C=O) groups excluding carboxylic acids is 1. The molecule has 0 fully saturated rings. The number of urea groups is 1. The molecule has 2 aromatic carbocycles. The highest BCUT2D eigenvalue weighted by molar-refractivity contribution is 5.89. The second-order valence-corrected chi connectivity index (χ2v) is 4.51. The minimum atomic E-state index is -0.394. The number of benzene rings is 2. The van der Waals surface area contributed by atoms with Gasteiger partial charge in [0.1, 0.15) is 18.2 Å². The lowest BCUT2D eigenvalue weighted by Crippen LogP contribution is -2.32. The summed E-state index contributed by atoms with van der Waals surface area (Å²) in [6.07, 6.45) is 0. The molecular weight excluding hydrogens is 271 g/mol. The van der Waals surface area contributed by atoms with E-state index in [-0.39, 0.29) is 0 Å². The van der Waals surface area contributed by atoms with E-state index in [0.717, 1.165) is 11.3 Å². The van der Waals surface area contributed by atoms with Crippen LogP contribution in [-0.4, -0.2) is 19.2 Å². The van der Waals surface area contributed by atoms with Crippen LogP contribution in [0.4, 0.5) is 14.9 Å². The maximum absolute atomic E-state index is 13.0. The minimum absolute atomic E-state index is 0.357. The van der Waals surface area contributed by atoms with Crippen LogP contribution in [-0.2, 0) is 0 Å². The van der Waals surface area contributed by atoms with Crippen molar-refractivity contribution in [1.82, 2.24) is 5.32 Å². The maximum Gasteiger partial charge on any atom is 0.319 e. The monoisotopic (exact) mass is 288 g/mol. The molecule has 0 radical (unpaired) electrons. The van der Waals surface area contributed by atoms with Crippen LogP contribution in [0.1, 0.15) is 5.56 Å². The minimum Gasteiger partial charge on any atom is -0.491 e. The highest BCUT2D eigenvalue weighted by Gasteiger charge is 2.02. The second-order valence-electron chi connectivity index (χ2n) is 4.51. The van der Waals surface area contributed by atoms with Crippen LogP contribution < -0.4 is 15.4 Å². The van der Waals surface area contributed by atoms with Crippen molar-refractivity contribution >= 4 is 11.7 Å². The van der Waals surface area contributed by atoms with Crippen LogP contribution in [0.2, 0.25) is 0 Å². The first-order valence-corrected chi connectivity index (χ1v) is 6.64. The number of hydrogen-bond acceptors (Lipinski definition) is 2. The molecule has 2 N–H and O–H groups in total. The summed E-state index contributed by atoms with van der Waals surface area (Å²) in [4.78, 5) is 11.6. The van der Waals surface area contributed by atoms with E-state index in [4.69, 9.17) is 4.74 Å². The SMILES string of the molecule is Cc1ccccc1OCCNC(=O)Nc1cccc(F)c1. The third-order valence-corrected chi connectivity index (χ3v) is 2.82. The fourth-order valence-corrected chi connectivity index (χ4v) is 1.79. The molecule has 5 heteroatoms. The highest BCUT2D eigenvalue weighted by atomic mass is 19.1. The van der Waals surface area contributed by atoms with Crippen LogP contribution in [0.15, 0.2) is 48.5 Å². The summed E-state index contributed by atoms with van der Waals surface area (Å²) in [5.74, 6) is 0.403. The maximum atomic E-state index is 13.0. The summed E-state index contributed by atoms with van der Waals surface area (Å²) in [5, 5.41) is 5.19. The Morgan fingerprint density at radius 3 is 2.76 bits per heavy atom.